The Bertz CT molecular complexity index is 600. The second-order valence-electron chi connectivity index (χ2n) is 5.61. The molecule has 1 unspecified atom stereocenters. The zero-order valence-corrected chi connectivity index (χ0v) is 13.6. The van der Waals surface area contributed by atoms with Crippen molar-refractivity contribution in [3.05, 3.63) is 64.7 Å². The van der Waals surface area contributed by atoms with Gasteiger partial charge in [-0.2, -0.15) is 0 Å². The van der Waals surface area contributed by atoms with E-state index < -0.39 is 6.10 Å². The van der Waals surface area contributed by atoms with E-state index in [4.69, 9.17) is 22.1 Å². The van der Waals surface area contributed by atoms with E-state index in [1.807, 2.05) is 43.3 Å². The van der Waals surface area contributed by atoms with Crippen LogP contribution in [0.1, 0.15) is 24.2 Å². The molecule has 0 radical (unpaired) electrons. The molecule has 3 nitrogen and oxygen atoms in total. The van der Waals surface area contributed by atoms with E-state index in [0.29, 0.717) is 5.02 Å². The van der Waals surface area contributed by atoms with Crippen LogP contribution in [0.5, 0.6) is 5.75 Å². The molecule has 0 saturated heterocycles. The molecule has 0 bridgehead atoms. The first-order valence-corrected chi connectivity index (χ1v) is 7.71. The van der Waals surface area contributed by atoms with Crippen LogP contribution in [0.15, 0.2) is 48.5 Å². The summed E-state index contributed by atoms with van der Waals surface area (Å²) in [4.78, 5) is 0. The molecular formula is C18H22ClNO2. The van der Waals surface area contributed by atoms with Gasteiger partial charge < -0.3 is 15.6 Å². The third-order valence-corrected chi connectivity index (χ3v) is 4.16. The molecule has 0 spiro atoms. The Balaban J connectivity index is 2.02. The minimum atomic E-state index is -0.730. The van der Waals surface area contributed by atoms with Crippen molar-refractivity contribution in [1.82, 2.24) is 0 Å². The number of aliphatic hydroxyl groups is 1. The lowest BCUT2D eigenvalue weighted by Crippen LogP contribution is -2.36. The van der Waals surface area contributed by atoms with E-state index in [1.165, 1.54) is 5.56 Å². The zero-order chi connectivity index (χ0) is 16.1. The van der Waals surface area contributed by atoms with Gasteiger partial charge in [0.25, 0.3) is 0 Å². The van der Waals surface area contributed by atoms with Gasteiger partial charge in [-0.3, -0.25) is 0 Å². The molecule has 2 aromatic rings. The summed E-state index contributed by atoms with van der Waals surface area (Å²) in [6.45, 7) is 2.04. The molecule has 0 heterocycles. The molecule has 2 rings (SSSR count). The van der Waals surface area contributed by atoms with E-state index >= 15 is 0 Å². The minimum Gasteiger partial charge on any atom is -0.497 e. The standard InChI is InChI=1S/C18H22ClNO2/c1-12(10-13-6-8-16(22-2)9-7-13)17(20)18(21)14-4-3-5-15(19)11-14/h3-9,11-12,17-18,21H,10,20H2,1-2H3/t12?,17-,18-/m1/s1. The zero-order valence-electron chi connectivity index (χ0n) is 12.9. The summed E-state index contributed by atoms with van der Waals surface area (Å²) in [7, 11) is 1.65. The third-order valence-electron chi connectivity index (χ3n) is 3.93. The van der Waals surface area contributed by atoms with Gasteiger partial charge in [0.2, 0.25) is 0 Å². The number of methoxy groups -OCH3 is 1. The van der Waals surface area contributed by atoms with Gasteiger partial charge in [-0.25, -0.2) is 0 Å². The number of halogens is 1. The van der Waals surface area contributed by atoms with E-state index in [9.17, 15) is 5.11 Å². The molecule has 0 amide bonds. The highest BCUT2D eigenvalue weighted by atomic mass is 35.5. The SMILES string of the molecule is COc1ccc(CC(C)[C@@H](N)[C@H](O)c2cccc(Cl)c2)cc1. The van der Waals surface area contributed by atoms with E-state index in [0.717, 1.165) is 17.7 Å². The van der Waals surface area contributed by atoms with Gasteiger partial charge in [0.1, 0.15) is 5.75 Å². The Morgan fingerprint density at radius 3 is 2.45 bits per heavy atom. The first kappa shape index (κ1) is 16.8. The van der Waals surface area contributed by atoms with Crippen molar-refractivity contribution in [2.75, 3.05) is 7.11 Å². The number of ether oxygens (including phenoxy) is 1. The molecular weight excluding hydrogens is 298 g/mol. The third kappa shape index (κ3) is 4.23. The molecule has 3 atom stereocenters. The summed E-state index contributed by atoms with van der Waals surface area (Å²) in [5.74, 6) is 0.960. The van der Waals surface area contributed by atoms with Crippen LogP contribution < -0.4 is 10.5 Å². The highest BCUT2D eigenvalue weighted by Gasteiger charge is 2.23. The molecule has 22 heavy (non-hydrogen) atoms. The van der Waals surface area contributed by atoms with Crippen LogP contribution in [0, 0.1) is 5.92 Å². The second kappa shape index (κ2) is 7.63. The Morgan fingerprint density at radius 1 is 1.18 bits per heavy atom. The first-order chi connectivity index (χ1) is 10.5. The van der Waals surface area contributed by atoms with Gasteiger partial charge in [0, 0.05) is 11.1 Å². The molecule has 2 aromatic carbocycles. The van der Waals surface area contributed by atoms with Crippen LogP contribution in [0.3, 0.4) is 0 Å². The van der Waals surface area contributed by atoms with Crippen molar-refractivity contribution in [3.63, 3.8) is 0 Å². The average Bonchev–Trinajstić information content (AvgIpc) is 2.54. The number of hydrogen-bond donors (Lipinski definition) is 2. The highest BCUT2D eigenvalue weighted by molar-refractivity contribution is 6.30. The van der Waals surface area contributed by atoms with E-state index in [-0.39, 0.29) is 12.0 Å². The van der Waals surface area contributed by atoms with Crippen LogP contribution in [0.2, 0.25) is 5.02 Å². The molecule has 0 fully saturated rings. The second-order valence-corrected chi connectivity index (χ2v) is 6.04. The van der Waals surface area contributed by atoms with Crippen LogP contribution >= 0.6 is 11.6 Å². The molecule has 4 heteroatoms. The Labute approximate surface area is 136 Å². The van der Waals surface area contributed by atoms with Crippen molar-refractivity contribution in [1.29, 1.82) is 0 Å². The smallest absolute Gasteiger partial charge is 0.118 e. The van der Waals surface area contributed by atoms with Crippen LogP contribution in [0.4, 0.5) is 0 Å². The van der Waals surface area contributed by atoms with Crippen molar-refractivity contribution in [3.8, 4) is 5.75 Å². The maximum atomic E-state index is 10.4. The largest absolute Gasteiger partial charge is 0.497 e. The van der Waals surface area contributed by atoms with Crippen molar-refractivity contribution in [2.24, 2.45) is 11.7 Å². The summed E-state index contributed by atoms with van der Waals surface area (Å²) < 4.78 is 5.15. The fourth-order valence-electron chi connectivity index (χ4n) is 2.49. The van der Waals surface area contributed by atoms with Gasteiger partial charge in [0.05, 0.1) is 13.2 Å². The van der Waals surface area contributed by atoms with E-state index in [2.05, 4.69) is 0 Å². The summed E-state index contributed by atoms with van der Waals surface area (Å²) in [6, 6.07) is 14.7. The maximum absolute atomic E-state index is 10.4. The highest BCUT2D eigenvalue weighted by Crippen LogP contribution is 2.25. The molecule has 0 saturated carbocycles. The number of nitrogens with two attached hydrogens (primary N) is 1. The van der Waals surface area contributed by atoms with Gasteiger partial charge in [0.15, 0.2) is 0 Å². The van der Waals surface area contributed by atoms with Crippen LogP contribution in [-0.4, -0.2) is 18.3 Å². The van der Waals surface area contributed by atoms with Gasteiger partial charge in [-0.1, -0.05) is 42.8 Å². The van der Waals surface area contributed by atoms with Crippen molar-refractivity contribution < 1.29 is 9.84 Å². The number of rotatable bonds is 6. The number of aliphatic hydroxyl groups excluding tert-OH is 1. The van der Waals surface area contributed by atoms with Crippen LogP contribution in [0.25, 0.3) is 0 Å². The van der Waals surface area contributed by atoms with Gasteiger partial charge in [-0.05, 0) is 47.7 Å². The summed E-state index contributed by atoms with van der Waals surface area (Å²) in [6.07, 6.45) is 0.0648. The average molecular weight is 320 g/mol. The Hall–Kier alpha value is -1.55. The summed E-state index contributed by atoms with van der Waals surface area (Å²) in [5, 5.41) is 11.0. The first-order valence-electron chi connectivity index (χ1n) is 7.33. The molecule has 0 aliphatic carbocycles. The molecule has 0 aliphatic heterocycles. The predicted molar refractivity (Wildman–Crippen MR) is 90.2 cm³/mol. The lowest BCUT2D eigenvalue weighted by atomic mass is 9.88. The maximum Gasteiger partial charge on any atom is 0.118 e. The lowest BCUT2D eigenvalue weighted by molar-refractivity contribution is 0.121. The van der Waals surface area contributed by atoms with E-state index in [1.54, 1.807) is 19.2 Å². The fraction of sp³-hybridized carbons (Fsp3) is 0.333. The number of hydrogen-bond acceptors (Lipinski definition) is 3. The molecule has 0 aromatic heterocycles. The normalized spacial score (nSPS) is 15.1. The predicted octanol–water partition coefficient (Wildman–Crippen LogP) is 3.59. The quantitative estimate of drug-likeness (QED) is 0.855. The topological polar surface area (TPSA) is 55.5 Å². The lowest BCUT2D eigenvalue weighted by Gasteiger charge is -2.25. The van der Waals surface area contributed by atoms with Gasteiger partial charge in [-0.15, -0.1) is 0 Å². The summed E-state index contributed by atoms with van der Waals surface area (Å²) in [5.41, 5.74) is 8.15. The fourth-order valence-corrected chi connectivity index (χ4v) is 2.69. The molecule has 0 aliphatic rings. The minimum absolute atomic E-state index is 0.127. The Kier molecular flexibility index (Phi) is 5.83. The van der Waals surface area contributed by atoms with Crippen LogP contribution in [-0.2, 0) is 6.42 Å². The van der Waals surface area contributed by atoms with Gasteiger partial charge >= 0.3 is 0 Å². The van der Waals surface area contributed by atoms with Crippen molar-refractivity contribution >= 4 is 11.6 Å². The molecule has 118 valence electrons. The Morgan fingerprint density at radius 2 is 1.86 bits per heavy atom. The number of benzene rings is 2. The van der Waals surface area contributed by atoms with Crippen molar-refractivity contribution in [2.45, 2.75) is 25.5 Å². The molecule has 3 N–H and O–H groups in total. The summed E-state index contributed by atoms with van der Waals surface area (Å²) >= 11 is 5.97. The monoisotopic (exact) mass is 319 g/mol.